The fraction of sp³-hybridized carbons (Fsp3) is 0.300. The van der Waals surface area contributed by atoms with Crippen molar-refractivity contribution < 1.29 is 22.4 Å². The lowest BCUT2D eigenvalue weighted by Crippen LogP contribution is -2.55. The zero-order valence-electron chi connectivity index (χ0n) is 15.6. The zero-order chi connectivity index (χ0) is 21.8. The van der Waals surface area contributed by atoms with E-state index in [2.05, 4.69) is 4.98 Å². The third-order valence-electron chi connectivity index (χ3n) is 5.48. The van der Waals surface area contributed by atoms with Gasteiger partial charge in [-0.15, -0.1) is 0 Å². The Balaban J connectivity index is 1.84. The number of thiocarbonyl (C=S) groups is 1. The lowest BCUT2D eigenvalue weighted by molar-refractivity contribution is -0.138. The summed E-state index contributed by atoms with van der Waals surface area (Å²) in [5.74, 6) is -1.11. The number of aryl methyl sites for hydroxylation is 1. The minimum absolute atomic E-state index is 0.0961. The van der Waals surface area contributed by atoms with Gasteiger partial charge >= 0.3 is 6.18 Å². The van der Waals surface area contributed by atoms with Crippen LogP contribution in [0.2, 0.25) is 0 Å². The SMILES string of the molecule is Cc1ccc(N2C(=S)N(c3cnc(C#N)c(C(F)(F)F)c3)C(=O)C23CCC3)c(F)c1. The lowest BCUT2D eigenvalue weighted by Gasteiger charge is -2.43. The fourth-order valence-electron chi connectivity index (χ4n) is 3.86. The van der Waals surface area contributed by atoms with E-state index in [0.717, 1.165) is 11.1 Å². The zero-order valence-corrected chi connectivity index (χ0v) is 16.4. The predicted octanol–water partition coefficient (Wildman–Crippen LogP) is 4.48. The molecular weight excluding hydrogens is 420 g/mol. The van der Waals surface area contributed by atoms with Gasteiger partial charge in [-0.25, -0.2) is 9.37 Å². The number of aromatic nitrogens is 1. The molecule has 10 heteroatoms. The molecule has 0 radical (unpaired) electrons. The number of rotatable bonds is 2. The summed E-state index contributed by atoms with van der Waals surface area (Å²) in [5, 5.41) is 8.82. The molecule has 0 atom stereocenters. The molecule has 1 spiro atoms. The average molecular weight is 434 g/mol. The van der Waals surface area contributed by atoms with Crippen LogP contribution in [0.15, 0.2) is 30.5 Å². The number of anilines is 2. The van der Waals surface area contributed by atoms with E-state index in [4.69, 9.17) is 17.5 Å². The van der Waals surface area contributed by atoms with Gasteiger partial charge in [0.25, 0.3) is 5.91 Å². The van der Waals surface area contributed by atoms with Gasteiger partial charge in [0.2, 0.25) is 0 Å². The normalized spacial score (nSPS) is 18.0. The highest BCUT2D eigenvalue weighted by Gasteiger charge is 2.60. The van der Waals surface area contributed by atoms with Gasteiger partial charge in [0.1, 0.15) is 17.4 Å². The van der Waals surface area contributed by atoms with Crippen molar-refractivity contribution in [1.29, 1.82) is 5.26 Å². The molecular formula is C20H14F4N4OS. The van der Waals surface area contributed by atoms with Crippen molar-refractivity contribution in [2.75, 3.05) is 9.80 Å². The van der Waals surface area contributed by atoms with E-state index in [1.807, 2.05) is 0 Å². The molecule has 1 aromatic heterocycles. The largest absolute Gasteiger partial charge is 0.419 e. The van der Waals surface area contributed by atoms with Crippen LogP contribution in [0.5, 0.6) is 0 Å². The fourth-order valence-corrected chi connectivity index (χ4v) is 4.32. The maximum absolute atomic E-state index is 14.7. The Bertz CT molecular complexity index is 1120. The summed E-state index contributed by atoms with van der Waals surface area (Å²) in [5.41, 5.74) is -2.64. The number of carbonyl (C=O) groups is 1. The average Bonchev–Trinajstić information content (AvgIpc) is 2.87. The number of alkyl halides is 3. The van der Waals surface area contributed by atoms with Crippen LogP contribution in [0.1, 0.15) is 36.1 Å². The van der Waals surface area contributed by atoms with Crippen molar-refractivity contribution in [3.05, 3.63) is 53.1 Å². The van der Waals surface area contributed by atoms with E-state index in [9.17, 15) is 22.4 Å². The first-order valence-corrected chi connectivity index (χ1v) is 9.43. The first kappa shape index (κ1) is 20.2. The van der Waals surface area contributed by atoms with E-state index >= 15 is 0 Å². The Hall–Kier alpha value is -3.06. The van der Waals surface area contributed by atoms with Crippen LogP contribution in [0.4, 0.5) is 28.9 Å². The lowest BCUT2D eigenvalue weighted by atomic mass is 9.75. The molecule has 1 amide bonds. The summed E-state index contributed by atoms with van der Waals surface area (Å²) in [4.78, 5) is 19.2. The number of halogens is 4. The van der Waals surface area contributed by atoms with Crippen LogP contribution >= 0.6 is 12.2 Å². The maximum Gasteiger partial charge on any atom is 0.419 e. The Labute approximate surface area is 174 Å². The summed E-state index contributed by atoms with van der Waals surface area (Å²) in [6.45, 7) is 1.72. The highest BCUT2D eigenvalue weighted by Crippen LogP contribution is 2.48. The molecule has 0 bridgehead atoms. The van der Waals surface area contributed by atoms with Gasteiger partial charge in [-0.05, 0) is 62.2 Å². The van der Waals surface area contributed by atoms with Crippen LogP contribution in [0, 0.1) is 24.1 Å². The molecule has 1 saturated heterocycles. The van der Waals surface area contributed by atoms with Crippen molar-refractivity contribution >= 4 is 34.6 Å². The van der Waals surface area contributed by atoms with Crippen LogP contribution < -0.4 is 9.80 Å². The number of nitrogens with zero attached hydrogens (tertiary/aromatic N) is 4. The quantitative estimate of drug-likeness (QED) is 0.515. The van der Waals surface area contributed by atoms with E-state index in [1.54, 1.807) is 13.0 Å². The Morgan fingerprint density at radius 3 is 2.50 bits per heavy atom. The highest BCUT2D eigenvalue weighted by molar-refractivity contribution is 7.81. The van der Waals surface area contributed by atoms with Crippen molar-refractivity contribution in [2.24, 2.45) is 0 Å². The molecule has 1 aliphatic heterocycles. The second kappa shape index (κ2) is 6.74. The molecule has 1 aliphatic carbocycles. The second-order valence-corrected chi connectivity index (χ2v) is 7.66. The standard InChI is InChI=1S/C20H14F4N4OS/c1-11-3-4-16(14(21)7-11)28-18(30)27(17(29)19(28)5-2-6-19)12-8-13(20(22,23)24)15(9-25)26-10-12/h3-4,7-8,10H,2,5-6H2,1H3. The summed E-state index contributed by atoms with van der Waals surface area (Å²) in [6.07, 6.45) is -2.35. The van der Waals surface area contributed by atoms with Crippen LogP contribution in [0.3, 0.4) is 0 Å². The van der Waals surface area contributed by atoms with E-state index in [0.29, 0.717) is 30.9 Å². The van der Waals surface area contributed by atoms with Crippen molar-refractivity contribution in [2.45, 2.75) is 37.9 Å². The first-order chi connectivity index (χ1) is 14.1. The van der Waals surface area contributed by atoms with Crippen LogP contribution in [0.25, 0.3) is 0 Å². The predicted molar refractivity (Wildman–Crippen MR) is 104 cm³/mol. The van der Waals surface area contributed by atoms with Crippen molar-refractivity contribution in [1.82, 2.24) is 4.98 Å². The number of benzene rings is 1. The van der Waals surface area contributed by atoms with E-state index in [1.165, 1.54) is 23.1 Å². The van der Waals surface area contributed by atoms with Gasteiger partial charge in [-0.1, -0.05) is 6.07 Å². The molecule has 2 aliphatic rings. The molecule has 5 nitrogen and oxygen atoms in total. The second-order valence-electron chi connectivity index (χ2n) is 7.30. The molecule has 2 heterocycles. The van der Waals surface area contributed by atoms with E-state index < -0.39 is 34.7 Å². The Morgan fingerprint density at radius 2 is 1.97 bits per heavy atom. The number of carbonyl (C=O) groups excluding carboxylic acids is 1. The summed E-state index contributed by atoms with van der Waals surface area (Å²) in [7, 11) is 0. The minimum Gasteiger partial charge on any atom is -0.300 e. The van der Waals surface area contributed by atoms with Gasteiger partial charge in [0.15, 0.2) is 10.8 Å². The summed E-state index contributed by atoms with van der Waals surface area (Å²) in [6, 6.07) is 6.56. The molecule has 154 valence electrons. The van der Waals surface area contributed by atoms with Crippen molar-refractivity contribution in [3.8, 4) is 6.07 Å². The third kappa shape index (κ3) is 2.84. The number of amides is 1. The topological polar surface area (TPSA) is 60.2 Å². The molecule has 2 fully saturated rings. The molecule has 30 heavy (non-hydrogen) atoms. The van der Waals surface area contributed by atoms with E-state index in [-0.39, 0.29) is 16.5 Å². The van der Waals surface area contributed by atoms with Crippen LogP contribution in [-0.2, 0) is 11.0 Å². The minimum atomic E-state index is -4.84. The third-order valence-corrected chi connectivity index (χ3v) is 5.84. The van der Waals surface area contributed by atoms with Gasteiger partial charge < -0.3 is 4.90 Å². The molecule has 0 N–H and O–H groups in total. The Kier molecular flexibility index (Phi) is 4.54. The van der Waals surface area contributed by atoms with Crippen LogP contribution in [-0.4, -0.2) is 21.5 Å². The van der Waals surface area contributed by atoms with Crippen molar-refractivity contribution in [3.63, 3.8) is 0 Å². The van der Waals surface area contributed by atoms with Gasteiger partial charge in [0.05, 0.1) is 23.1 Å². The smallest absolute Gasteiger partial charge is 0.300 e. The maximum atomic E-state index is 14.7. The molecule has 1 aromatic carbocycles. The number of nitriles is 1. The van der Waals surface area contributed by atoms with Gasteiger partial charge in [0, 0.05) is 0 Å². The summed E-state index contributed by atoms with van der Waals surface area (Å²) < 4.78 is 54.8. The molecule has 1 saturated carbocycles. The monoisotopic (exact) mass is 434 g/mol. The highest BCUT2D eigenvalue weighted by atomic mass is 32.1. The first-order valence-electron chi connectivity index (χ1n) is 9.02. The number of hydrogen-bond acceptors (Lipinski definition) is 4. The molecule has 0 unspecified atom stereocenters. The molecule has 2 aromatic rings. The number of pyridine rings is 1. The Morgan fingerprint density at radius 1 is 1.27 bits per heavy atom. The number of hydrogen-bond donors (Lipinski definition) is 0. The van der Waals surface area contributed by atoms with Gasteiger partial charge in [-0.3, -0.25) is 9.69 Å². The summed E-state index contributed by atoms with van der Waals surface area (Å²) >= 11 is 5.43. The molecule has 4 rings (SSSR count). The van der Waals surface area contributed by atoms with Gasteiger partial charge in [-0.2, -0.15) is 18.4 Å².